The van der Waals surface area contributed by atoms with Crippen LogP contribution in [0, 0.1) is 35.5 Å². The standard InChI is InChI=1S/C55H72N4O6/c1-12-38-35(8)42-27-43-36(9)40(23-24-48(61)65-26-25-34(7)22-16-21-33(6)20-15-19-32(5)18-14-17-31(3)4)52(58-43)50-51(55(63)64-11)54(62)49-37(10)44(59-53(49)50)28-46-39(13-2)41(30-60)47(57-46)29-45(38)56-42/h12,25,27-33,36,40,51,58,60H,1,13-24,26H2,2-11H3/b34-25+,41-30?,43-27?,44-28?,45-29?,52-50?/t32-,33-,36-,40-,51+/m0/s1. The van der Waals surface area contributed by atoms with Crippen molar-refractivity contribution >= 4 is 34.9 Å². The zero-order chi connectivity index (χ0) is 47.1. The van der Waals surface area contributed by atoms with Crippen LogP contribution in [0.1, 0.15) is 139 Å². The lowest BCUT2D eigenvalue weighted by atomic mass is 9.85. The van der Waals surface area contributed by atoms with Gasteiger partial charge < -0.3 is 19.9 Å². The van der Waals surface area contributed by atoms with Gasteiger partial charge in [-0.1, -0.05) is 105 Å². The molecule has 10 nitrogen and oxygen atoms in total. The molecule has 6 aliphatic rings. The van der Waals surface area contributed by atoms with Crippen molar-refractivity contribution < 1.29 is 29.0 Å². The van der Waals surface area contributed by atoms with Crippen LogP contribution in [0.4, 0.5) is 0 Å². The van der Waals surface area contributed by atoms with Gasteiger partial charge in [-0.15, -0.1) is 0 Å². The first-order valence-electron chi connectivity index (χ1n) is 24.1. The van der Waals surface area contributed by atoms with Crippen LogP contribution in [0.25, 0.3) is 0 Å². The highest BCUT2D eigenvalue weighted by atomic mass is 16.5. The number of Topliss-reactive ketones (excluding diaryl/α,β-unsaturated/α-hetero) is 1. The second-order valence-corrected chi connectivity index (χ2v) is 19.4. The molecule has 0 unspecified atom stereocenters. The van der Waals surface area contributed by atoms with Crippen LogP contribution < -0.4 is 5.32 Å². The number of hydrogen-bond acceptors (Lipinski definition) is 10. The predicted molar refractivity (Wildman–Crippen MR) is 262 cm³/mol. The van der Waals surface area contributed by atoms with Gasteiger partial charge >= 0.3 is 11.9 Å². The monoisotopic (exact) mass is 885 g/mol. The number of hydrogen-bond donors (Lipinski definition) is 2. The first-order valence-corrected chi connectivity index (χ1v) is 24.1. The molecule has 8 bridgehead atoms. The number of rotatable bonds is 20. The van der Waals surface area contributed by atoms with Gasteiger partial charge in [0.2, 0.25) is 0 Å². The number of aliphatic hydroxyl groups is 1. The van der Waals surface area contributed by atoms with Gasteiger partial charge in [0, 0.05) is 51.9 Å². The van der Waals surface area contributed by atoms with Crippen LogP contribution in [0.15, 0.2) is 131 Å². The zero-order valence-electron chi connectivity index (χ0n) is 40.7. The molecule has 0 aromatic rings. The molecule has 0 amide bonds. The number of esters is 2. The van der Waals surface area contributed by atoms with Gasteiger partial charge in [-0.3, -0.25) is 14.4 Å². The molecule has 65 heavy (non-hydrogen) atoms. The van der Waals surface area contributed by atoms with E-state index in [-0.39, 0.29) is 36.6 Å². The van der Waals surface area contributed by atoms with Crippen molar-refractivity contribution in [2.24, 2.45) is 50.5 Å². The average molecular weight is 885 g/mol. The fourth-order valence-corrected chi connectivity index (χ4v) is 10.1. The van der Waals surface area contributed by atoms with E-state index in [9.17, 15) is 19.5 Å². The smallest absolute Gasteiger partial charge is 0.321 e. The van der Waals surface area contributed by atoms with Crippen LogP contribution in [0.3, 0.4) is 0 Å². The summed E-state index contributed by atoms with van der Waals surface area (Å²) < 4.78 is 11.0. The molecule has 0 spiro atoms. The maximum absolute atomic E-state index is 14.4. The topological polar surface area (TPSA) is 139 Å². The quantitative estimate of drug-likeness (QED) is 0.0537. The molecule has 10 heteroatoms. The van der Waals surface area contributed by atoms with Gasteiger partial charge in [-0.05, 0) is 105 Å². The molecule has 5 aliphatic heterocycles. The summed E-state index contributed by atoms with van der Waals surface area (Å²) in [5, 5.41) is 14.1. The van der Waals surface area contributed by atoms with Gasteiger partial charge in [0.1, 0.15) is 12.5 Å². The summed E-state index contributed by atoms with van der Waals surface area (Å²) in [6, 6.07) is 0. The molecule has 1 aliphatic carbocycles. The van der Waals surface area contributed by atoms with E-state index in [4.69, 9.17) is 24.5 Å². The van der Waals surface area contributed by atoms with Crippen molar-refractivity contribution in [3.05, 3.63) is 116 Å². The highest BCUT2D eigenvalue weighted by Crippen LogP contribution is 2.47. The Bertz CT molecular complexity index is 2350. The number of aliphatic hydroxyl groups excluding tert-OH is 1. The van der Waals surface area contributed by atoms with Crippen LogP contribution >= 0.6 is 0 Å². The Hall–Kier alpha value is -5.38. The van der Waals surface area contributed by atoms with E-state index >= 15 is 0 Å². The Kier molecular flexibility index (Phi) is 16.4. The number of ether oxygens (including phenoxy) is 2. The number of ketones is 1. The summed E-state index contributed by atoms with van der Waals surface area (Å²) in [7, 11) is 1.29. The third-order valence-electron chi connectivity index (χ3n) is 14.2. The van der Waals surface area contributed by atoms with Crippen LogP contribution in [0.2, 0.25) is 0 Å². The van der Waals surface area contributed by atoms with Crippen LogP contribution in [0.5, 0.6) is 0 Å². The molecule has 1 saturated heterocycles. The molecule has 0 aromatic carbocycles. The number of methoxy groups -OCH3 is 1. The van der Waals surface area contributed by atoms with E-state index in [1.807, 2.05) is 45.1 Å². The summed E-state index contributed by atoms with van der Waals surface area (Å²) in [6.07, 6.45) is 22.9. The number of aliphatic imine (C=N–C) groups is 3. The lowest BCUT2D eigenvalue weighted by Gasteiger charge is -2.19. The van der Waals surface area contributed by atoms with Gasteiger partial charge in [0.15, 0.2) is 5.78 Å². The van der Waals surface area contributed by atoms with E-state index in [2.05, 4.69) is 53.4 Å². The van der Waals surface area contributed by atoms with Crippen molar-refractivity contribution in [1.82, 2.24) is 5.32 Å². The summed E-state index contributed by atoms with van der Waals surface area (Å²) in [5.41, 5.74) is 10.9. The highest BCUT2D eigenvalue weighted by molar-refractivity contribution is 6.42. The van der Waals surface area contributed by atoms with E-state index in [1.165, 1.54) is 57.6 Å². The van der Waals surface area contributed by atoms with Crippen molar-refractivity contribution in [1.29, 1.82) is 0 Å². The Morgan fingerprint density at radius 1 is 0.908 bits per heavy atom. The molecule has 5 heterocycles. The number of carbonyl (C=O) groups is 3. The minimum atomic E-state index is -1.23. The van der Waals surface area contributed by atoms with E-state index in [0.29, 0.717) is 81.0 Å². The molecule has 0 aromatic heterocycles. The maximum atomic E-state index is 14.4. The Labute approximate surface area is 387 Å². The van der Waals surface area contributed by atoms with Gasteiger partial charge in [-0.25, -0.2) is 15.0 Å². The summed E-state index contributed by atoms with van der Waals surface area (Å²) >= 11 is 0. The average Bonchev–Trinajstić information content (AvgIpc) is 4.02. The third kappa shape index (κ3) is 10.8. The number of fused-ring (bicyclic) bond motifs is 5. The number of carbonyl (C=O) groups excluding carboxylic acids is 3. The molecule has 348 valence electrons. The SMILES string of the molecule is C=CC1=C(C)C2=NC1=CC1=NC(=C(CC)C1=CO)C=C1N=C3C(=C1C)C(=O)[C@H](C(=O)OC)C3=C1NC(=C2)[C@@H](C)[C@@H]1CCC(=O)OC/C=C(\C)CCC[C@@H](C)CCC[C@@H](C)CCCC(C)C. The largest absolute Gasteiger partial charge is 0.515 e. The second-order valence-electron chi connectivity index (χ2n) is 19.4. The Morgan fingerprint density at radius 2 is 1.60 bits per heavy atom. The maximum Gasteiger partial charge on any atom is 0.321 e. The predicted octanol–water partition coefficient (Wildman–Crippen LogP) is 12.1. The molecule has 5 atom stereocenters. The zero-order valence-corrected chi connectivity index (χ0v) is 40.7. The van der Waals surface area contributed by atoms with Crippen molar-refractivity contribution in [3.8, 4) is 0 Å². The third-order valence-corrected chi connectivity index (χ3v) is 14.2. The number of nitrogens with one attached hydrogen (secondary N) is 1. The summed E-state index contributed by atoms with van der Waals surface area (Å²) in [6.45, 7) is 23.7. The first-order chi connectivity index (χ1) is 31.1. The van der Waals surface area contributed by atoms with Crippen LogP contribution in [-0.2, 0) is 23.9 Å². The van der Waals surface area contributed by atoms with Crippen molar-refractivity contribution in [2.45, 2.75) is 139 Å². The molecule has 2 N–H and O–H groups in total. The molecular weight excluding hydrogens is 813 g/mol. The highest BCUT2D eigenvalue weighted by Gasteiger charge is 2.52. The molecule has 1 saturated carbocycles. The minimum Gasteiger partial charge on any atom is -0.515 e. The van der Waals surface area contributed by atoms with E-state index in [0.717, 1.165) is 53.4 Å². The molecule has 2 fully saturated rings. The van der Waals surface area contributed by atoms with E-state index in [1.54, 1.807) is 6.08 Å². The Morgan fingerprint density at radius 3 is 2.25 bits per heavy atom. The van der Waals surface area contributed by atoms with Crippen LogP contribution in [-0.4, -0.2) is 53.7 Å². The first kappa shape index (κ1) is 49.1. The lowest BCUT2D eigenvalue weighted by Crippen LogP contribution is -2.26. The fourth-order valence-electron chi connectivity index (χ4n) is 10.1. The summed E-state index contributed by atoms with van der Waals surface area (Å²) in [4.78, 5) is 56.5. The van der Waals surface area contributed by atoms with Crippen molar-refractivity contribution in [3.63, 3.8) is 0 Å². The second kappa shape index (κ2) is 21.7. The fraction of sp³-hybridized carbons (Fsp3) is 0.527. The molecule has 0 radical (unpaired) electrons. The van der Waals surface area contributed by atoms with Gasteiger partial charge in [0.05, 0.1) is 47.6 Å². The normalized spacial score (nSPS) is 23.2. The van der Waals surface area contributed by atoms with Gasteiger partial charge in [-0.2, -0.15) is 0 Å². The minimum absolute atomic E-state index is 0.139. The molecular formula is C55H72N4O6. The summed E-state index contributed by atoms with van der Waals surface area (Å²) in [5.74, 6) is -0.732. The number of nitrogens with zero attached hydrogens (tertiary/aromatic N) is 3. The van der Waals surface area contributed by atoms with Crippen molar-refractivity contribution in [2.75, 3.05) is 13.7 Å². The molecule has 6 rings (SSSR count). The number of allylic oxidation sites excluding steroid dienone is 12. The van der Waals surface area contributed by atoms with E-state index < -0.39 is 11.9 Å². The lowest BCUT2D eigenvalue weighted by molar-refractivity contribution is -0.146. The Balaban J connectivity index is 1.21. The van der Waals surface area contributed by atoms with Gasteiger partial charge in [0.25, 0.3) is 0 Å².